The molecule has 0 aliphatic carbocycles. The van der Waals surface area contributed by atoms with Crippen LogP contribution in [0.2, 0.25) is 0 Å². The molecule has 3 saturated heterocycles. The molecule has 0 spiro atoms. The van der Waals surface area contributed by atoms with E-state index in [2.05, 4.69) is 6.92 Å². The van der Waals surface area contributed by atoms with E-state index in [0.717, 1.165) is 41.5 Å². The van der Waals surface area contributed by atoms with Crippen LogP contribution in [0, 0.1) is 0 Å². The first-order valence-electron chi connectivity index (χ1n) is 27.2. The Bertz CT molecular complexity index is 2410. The smallest absolute Gasteiger partial charge is 0.453 e. The maximum absolute atomic E-state index is 14.8. The number of ether oxygens (including phenoxy) is 8. The molecule has 2 bridgehead atoms. The Hall–Kier alpha value is -6.05. The summed E-state index contributed by atoms with van der Waals surface area (Å²) in [5, 5.41) is 0. The van der Waals surface area contributed by atoms with E-state index in [0.29, 0.717) is 12.0 Å². The molecule has 0 N–H and O–H groups in total. The Morgan fingerprint density at radius 2 is 1.12 bits per heavy atom. The summed E-state index contributed by atoms with van der Waals surface area (Å²) < 4.78 is 52.4. The van der Waals surface area contributed by atoms with E-state index in [9.17, 15) is 14.4 Å². The Balaban J connectivity index is 1.08. The minimum absolute atomic E-state index is 0.0394. The van der Waals surface area contributed by atoms with E-state index in [1.807, 2.05) is 127 Å². The van der Waals surface area contributed by atoms with E-state index in [1.54, 1.807) is 29.2 Å². The van der Waals surface area contributed by atoms with Gasteiger partial charge in [0.2, 0.25) is 0 Å². The van der Waals surface area contributed by atoms with Gasteiger partial charge in [-0.15, -0.1) is 0 Å². The molecule has 5 aromatic carbocycles. The van der Waals surface area contributed by atoms with Gasteiger partial charge in [0.05, 0.1) is 31.4 Å². The van der Waals surface area contributed by atoms with Crippen molar-refractivity contribution in [2.45, 2.75) is 178 Å². The van der Waals surface area contributed by atoms with Crippen molar-refractivity contribution in [2.24, 2.45) is 0 Å². The lowest BCUT2D eigenvalue weighted by Crippen LogP contribution is -2.63. The number of esters is 1. The molecule has 12 heteroatoms. The van der Waals surface area contributed by atoms with Crippen molar-refractivity contribution in [3.05, 3.63) is 179 Å². The molecule has 0 radical (unpaired) electrons. The van der Waals surface area contributed by atoms with Crippen molar-refractivity contribution in [1.29, 1.82) is 0 Å². The zero-order valence-corrected chi connectivity index (χ0v) is 43.1. The molecule has 3 unspecified atom stereocenters. The highest BCUT2D eigenvalue weighted by atomic mass is 16.8. The third kappa shape index (κ3) is 15.5. The third-order valence-electron chi connectivity index (χ3n) is 14.5. The first-order chi connectivity index (χ1) is 36.4. The maximum Gasteiger partial charge on any atom is 0.509 e. The summed E-state index contributed by atoms with van der Waals surface area (Å²) in [5.41, 5.74) is 3.91. The van der Waals surface area contributed by atoms with Gasteiger partial charge in [-0.3, -0.25) is 4.90 Å². The van der Waals surface area contributed by atoms with E-state index in [4.69, 9.17) is 37.9 Å². The zero-order valence-electron chi connectivity index (χ0n) is 43.1. The molecule has 3 heterocycles. The third-order valence-corrected chi connectivity index (χ3v) is 14.5. The largest absolute Gasteiger partial charge is 0.509 e. The Morgan fingerprint density at radius 3 is 1.70 bits per heavy atom. The van der Waals surface area contributed by atoms with Gasteiger partial charge in [-0.2, -0.15) is 0 Å². The Labute approximate surface area is 437 Å². The van der Waals surface area contributed by atoms with Crippen LogP contribution in [0.5, 0.6) is 0 Å². The lowest BCUT2D eigenvalue weighted by atomic mass is 9.87. The quantitative estimate of drug-likeness (QED) is 0.0248. The highest BCUT2D eigenvalue weighted by Crippen LogP contribution is 2.46. The second kappa shape index (κ2) is 28.6. The van der Waals surface area contributed by atoms with Gasteiger partial charge in [-0.1, -0.05) is 217 Å². The summed E-state index contributed by atoms with van der Waals surface area (Å²) >= 11 is 0. The van der Waals surface area contributed by atoms with Crippen LogP contribution in [-0.4, -0.2) is 78.2 Å². The van der Waals surface area contributed by atoms with Crippen LogP contribution in [0.1, 0.15) is 136 Å². The maximum atomic E-state index is 14.8. The van der Waals surface area contributed by atoms with E-state index < -0.39 is 66.7 Å². The number of benzene rings is 5. The molecule has 5 aromatic rings. The number of amides is 1. The Kier molecular flexibility index (Phi) is 20.9. The molecule has 12 nitrogen and oxygen atoms in total. The molecule has 8 rings (SSSR count). The van der Waals surface area contributed by atoms with Gasteiger partial charge >= 0.3 is 18.2 Å². The number of carbonyl (C=O) groups is 3. The second-order valence-electron chi connectivity index (χ2n) is 19.9. The molecule has 394 valence electrons. The molecule has 8 atom stereocenters. The van der Waals surface area contributed by atoms with Gasteiger partial charge in [0.15, 0.2) is 18.0 Å². The topological polar surface area (TPSA) is 128 Å². The average molecular weight is 1010 g/mol. The fourth-order valence-electron chi connectivity index (χ4n) is 10.5. The van der Waals surface area contributed by atoms with Crippen LogP contribution in [0.25, 0.3) is 0 Å². The lowest BCUT2D eigenvalue weighted by Gasteiger charge is -2.47. The van der Waals surface area contributed by atoms with Gasteiger partial charge in [-0.05, 0) is 53.6 Å². The number of unbranched alkanes of at least 4 members (excludes halogenated alkanes) is 11. The molecule has 3 aliphatic rings. The number of nitrogens with zero attached hydrogens (tertiary/aromatic N) is 1. The summed E-state index contributed by atoms with van der Waals surface area (Å²) in [6.45, 7) is 2.88. The van der Waals surface area contributed by atoms with E-state index >= 15 is 0 Å². The molecule has 0 saturated carbocycles. The minimum Gasteiger partial charge on any atom is -0.453 e. The van der Waals surface area contributed by atoms with Crippen molar-refractivity contribution in [2.75, 3.05) is 6.61 Å². The summed E-state index contributed by atoms with van der Waals surface area (Å²) in [6.07, 6.45) is 9.02. The zero-order chi connectivity index (χ0) is 51.2. The van der Waals surface area contributed by atoms with Crippen molar-refractivity contribution in [1.82, 2.24) is 4.90 Å². The number of carbonyl (C=O) groups excluding carboxylic acids is 3. The fourth-order valence-corrected chi connectivity index (χ4v) is 10.5. The highest BCUT2D eigenvalue weighted by molar-refractivity contribution is 5.89. The molecule has 74 heavy (non-hydrogen) atoms. The van der Waals surface area contributed by atoms with Gasteiger partial charge in [0, 0.05) is 13.0 Å². The lowest BCUT2D eigenvalue weighted by molar-refractivity contribution is -0.318. The molecular formula is C62H75NO11. The van der Waals surface area contributed by atoms with Gasteiger partial charge in [0.25, 0.3) is 0 Å². The molecule has 1 amide bonds. The van der Waals surface area contributed by atoms with Crippen LogP contribution in [0.4, 0.5) is 9.59 Å². The Morgan fingerprint density at radius 1 is 0.608 bits per heavy atom. The second-order valence-corrected chi connectivity index (χ2v) is 19.9. The minimum atomic E-state index is -1.46. The molecule has 3 fully saturated rings. The normalized spacial score (nSPS) is 22.4. The van der Waals surface area contributed by atoms with Gasteiger partial charge in [0.1, 0.15) is 31.0 Å². The highest BCUT2D eigenvalue weighted by Gasteiger charge is 2.63. The van der Waals surface area contributed by atoms with E-state index in [1.165, 1.54) is 57.8 Å². The van der Waals surface area contributed by atoms with Crippen LogP contribution >= 0.6 is 0 Å². The predicted molar refractivity (Wildman–Crippen MR) is 282 cm³/mol. The van der Waals surface area contributed by atoms with Crippen molar-refractivity contribution in [3.8, 4) is 0 Å². The summed E-state index contributed by atoms with van der Waals surface area (Å²) in [5.74, 6) is -1.99. The van der Waals surface area contributed by atoms with Crippen LogP contribution in [0.3, 0.4) is 0 Å². The number of rotatable bonds is 30. The summed E-state index contributed by atoms with van der Waals surface area (Å²) in [6, 6.07) is 46.9. The van der Waals surface area contributed by atoms with Gasteiger partial charge < -0.3 is 37.9 Å². The number of cyclic esters (lactones) is 2. The molecular weight excluding hydrogens is 935 g/mol. The first kappa shape index (κ1) is 54.2. The van der Waals surface area contributed by atoms with Crippen molar-refractivity contribution >= 4 is 18.2 Å². The fraction of sp³-hybridized carbons (Fsp3) is 0.468. The first-order valence-corrected chi connectivity index (χ1v) is 27.2. The number of hydrogen-bond acceptors (Lipinski definition) is 11. The monoisotopic (exact) mass is 1010 g/mol. The van der Waals surface area contributed by atoms with E-state index in [-0.39, 0.29) is 45.8 Å². The van der Waals surface area contributed by atoms with Crippen molar-refractivity contribution in [3.63, 3.8) is 0 Å². The summed E-state index contributed by atoms with van der Waals surface area (Å²) in [7, 11) is 0. The standard InChI is InChI=1S/C62H75NO11/c1-2-3-4-5-6-7-8-9-10-11-12-28-39-53-55(73-61(66)71-53)52(63(42-47-29-18-13-19-30-47)60(65)69-45-50-35-24-16-25-36-50)40-41-62-58(68-44-49-33-22-15-23-34-49)57(67-43-48-31-20-14-21-32-48)56(54(74-62)46-70-62)72-59(64)51-37-26-17-27-38-51/h13-27,29-38,52-58H,2-12,28,39-46H2,1H3/t52-,53?,54?,55-,56-,57-,58?,62-/m0/s1. The van der Waals surface area contributed by atoms with Gasteiger partial charge in [-0.25, -0.2) is 14.4 Å². The SMILES string of the molecule is CCCCCCCCCCCCCCC1OC(=O)O[C@H]1[C@H](CC[C@]12OCC(O1)[C@H](OC(=O)c1ccccc1)[C@H](OCc1ccccc1)C2OCc1ccccc1)N(Cc1ccccc1)C(=O)OCc1ccccc1. The van der Waals surface area contributed by atoms with Crippen LogP contribution < -0.4 is 0 Å². The number of fused-ring (bicyclic) bond motifs is 2. The summed E-state index contributed by atoms with van der Waals surface area (Å²) in [4.78, 5) is 43.8. The predicted octanol–water partition coefficient (Wildman–Crippen LogP) is 13.5. The van der Waals surface area contributed by atoms with Crippen LogP contribution in [-0.2, 0) is 64.3 Å². The van der Waals surface area contributed by atoms with Crippen molar-refractivity contribution < 1.29 is 52.3 Å². The molecule has 3 aliphatic heterocycles. The van der Waals surface area contributed by atoms with Crippen LogP contribution in [0.15, 0.2) is 152 Å². The number of hydrogen-bond donors (Lipinski definition) is 0. The molecule has 0 aromatic heterocycles. The average Bonchev–Trinajstić information content (AvgIpc) is 4.02.